The van der Waals surface area contributed by atoms with Crippen LogP contribution in [0.3, 0.4) is 0 Å². The summed E-state index contributed by atoms with van der Waals surface area (Å²) in [6.07, 6.45) is 0. The third-order valence-corrected chi connectivity index (χ3v) is 6.08. The minimum atomic E-state index is -1.01. The molecule has 1 aromatic carbocycles. The lowest BCUT2D eigenvalue weighted by Gasteiger charge is -2.20. The second kappa shape index (κ2) is 6.72. The van der Waals surface area contributed by atoms with Crippen LogP contribution < -0.4 is 5.73 Å². The molecule has 1 unspecified atom stereocenters. The minimum absolute atomic E-state index is 0.0124. The lowest BCUT2D eigenvalue weighted by Crippen LogP contribution is -2.42. The topological polar surface area (TPSA) is 76.3 Å². The normalized spacial score (nSPS) is 17.1. The average Bonchev–Trinajstić information content (AvgIpc) is 3.19. The Hall–Kier alpha value is -2.00. The molecule has 1 aliphatic heterocycles. The van der Waals surface area contributed by atoms with Gasteiger partial charge in [0.05, 0.1) is 9.88 Å². The number of aryl methyl sites for hydroxylation is 2. The molecule has 1 aliphatic rings. The first-order chi connectivity index (χ1) is 11.8. The zero-order valence-corrected chi connectivity index (χ0v) is 15.1. The molecule has 1 atom stereocenters. The molecule has 1 aromatic heterocycles. The number of hydrogen-bond donors (Lipinski definition) is 1. The van der Waals surface area contributed by atoms with Gasteiger partial charge in [0.1, 0.15) is 5.69 Å². The fourth-order valence-electron chi connectivity index (χ4n) is 2.63. The highest BCUT2D eigenvalue weighted by molar-refractivity contribution is 8.00. The first-order valence-corrected chi connectivity index (χ1v) is 9.32. The van der Waals surface area contributed by atoms with Crippen molar-refractivity contribution in [1.29, 1.82) is 0 Å². The van der Waals surface area contributed by atoms with Gasteiger partial charge in [0.2, 0.25) is 0 Å². The summed E-state index contributed by atoms with van der Waals surface area (Å²) in [6.45, 7) is 3.49. The van der Waals surface area contributed by atoms with Crippen molar-refractivity contribution < 1.29 is 18.4 Å². The number of benzene rings is 1. The maximum atomic E-state index is 14.4. The number of primary amides is 1. The number of aromatic nitrogens is 1. The number of hydrogen-bond acceptors (Lipinski definition) is 5. The minimum Gasteiger partial charge on any atom is -0.367 e. The van der Waals surface area contributed by atoms with Crippen molar-refractivity contribution >= 4 is 34.9 Å². The van der Waals surface area contributed by atoms with E-state index in [1.54, 1.807) is 6.92 Å². The molecule has 25 heavy (non-hydrogen) atoms. The number of halogens is 2. The van der Waals surface area contributed by atoms with Gasteiger partial charge in [-0.15, -0.1) is 23.1 Å². The predicted octanol–water partition coefficient (Wildman–Crippen LogP) is 2.71. The number of nitrogens with two attached hydrogens (primary N) is 1. The summed E-state index contributed by atoms with van der Waals surface area (Å²) in [4.78, 5) is 30.2. The Morgan fingerprint density at radius 3 is 2.68 bits per heavy atom. The van der Waals surface area contributed by atoms with E-state index in [1.807, 2.05) is 0 Å². The first-order valence-electron chi connectivity index (χ1n) is 7.45. The Morgan fingerprint density at radius 2 is 2.00 bits per heavy atom. The van der Waals surface area contributed by atoms with E-state index in [0.717, 1.165) is 11.3 Å². The Bertz CT molecular complexity index is 869. The lowest BCUT2D eigenvalue weighted by molar-refractivity contribution is -0.119. The molecule has 0 saturated carbocycles. The Labute approximate surface area is 151 Å². The fourth-order valence-corrected chi connectivity index (χ4v) is 4.63. The van der Waals surface area contributed by atoms with Gasteiger partial charge < -0.3 is 10.6 Å². The summed E-state index contributed by atoms with van der Waals surface area (Å²) in [6, 6.07) is 2.89. The Morgan fingerprint density at radius 1 is 1.28 bits per heavy atom. The van der Waals surface area contributed by atoms with Crippen LogP contribution in [0.15, 0.2) is 12.1 Å². The lowest BCUT2D eigenvalue weighted by atomic mass is 10.1. The van der Waals surface area contributed by atoms with Crippen LogP contribution in [0.4, 0.5) is 8.78 Å². The standard InChI is InChI=1S/C16H15F2N3O2S2/c1-7-3-4-9(11(18)10(7)17)13-12(20-8(2)25-13)15(23)21-5-6-24-16(21)14(19)22/h3-4,16H,5-6H2,1-2H3,(H2,19,22). The Balaban J connectivity index is 2.07. The van der Waals surface area contributed by atoms with Gasteiger partial charge in [0.15, 0.2) is 17.0 Å². The summed E-state index contributed by atoms with van der Waals surface area (Å²) in [5, 5.41) is -0.233. The highest BCUT2D eigenvalue weighted by Crippen LogP contribution is 2.36. The maximum absolute atomic E-state index is 14.4. The summed E-state index contributed by atoms with van der Waals surface area (Å²) < 4.78 is 28.3. The first kappa shape index (κ1) is 17.8. The summed E-state index contributed by atoms with van der Waals surface area (Å²) >= 11 is 2.37. The van der Waals surface area contributed by atoms with Crippen LogP contribution in [0, 0.1) is 25.5 Å². The predicted molar refractivity (Wildman–Crippen MR) is 93.4 cm³/mol. The number of nitrogens with zero attached hydrogens (tertiary/aromatic N) is 2. The smallest absolute Gasteiger partial charge is 0.275 e. The summed E-state index contributed by atoms with van der Waals surface area (Å²) in [5.41, 5.74) is 5.52. The zero-order chi connectivity index (χ0) is 18.3. The van der Waals surface area contributed by atoms with Gasteiger partial charge in [-0.05, 0) is 19.4 Å². The number of carbonyl (C=O) groups is 2. The van der Waals surface area contributed by atoms with E-state index in [9.17, 15) is 18.4 Å². The molecule has 3 rings (SSSR count). The van der Waals surface area contributed by atoms with E-state index >= 15 is 0 Å². The van der Waals surface area contributed by atoms with Gasteiger partial charge in [-0.3, -0.25) is 9.59 Å². The van der Waals surface area contributed by atoms with Crippen molar-refractivity contribution in [2.45, 2.75) is 19.2 Å². The van der Waals surface area contributed by atoms with Crippen molar-refractivity contribution in [2.24, 2.45) is 5.73 Å². The van der Waals surface area contributed by atoms with Gasteiger partial charge in [0, 0.05) is 17.9 Å². The molecular weight excluding hydrogens is 368 g/mol. The molecule has 0 spiro atoms. The molecular formula is C16H15F2N3O2S2. The molecule has 2 N–H and O–H groups in total. The van der Waals surface area contributed by atoms with Crippen LogP contribution in [0.5, 0.6) is 0 Å². The molecule has 2 heterocycles. The van der Waals surface area contributed by atoms with Gasteiger partial charge in [-0.1, -0.05) is 12.1 Å². The maximum Gasteiger partial charge on any atom is 0.275 e. The third kappa shape index (κ3) is 3.13. The number of amides is 2. The van der Waals surface area contributed by atoms with E-state index in [4.69, 9.17) is 5.73 Å². The highest BCUT2D eigenvalue weighted by atomic mass is 32.2. The van der Waals surface area contributed by atoms with E-state index in [-0.39, 0.29) is 21.7 Å². The Kier molecular flexibility index (Phi) is 4.79. The number of carbonyl (C=O) groups excluding carboxylic acids is 2. The molecule has 1 fully saturated rings. The number of rotatable bonds is 3. The fraction of sp³-hybridized carbons (Fsp3) is 0.312. The molecule has 0 aliphatic carbocycles. The zero-order valence-electron chi connectivity index (χ0n) is 13.5. The van der Waals surface area contributed by atoms with Gasteiger partial charge in [-0.25, -0.2) is 13.8 Å². The van der Waals surface area contributed by atoms with Gasteiger partial charge in [-0.2, -0.15) is 0 Å². The highest BCUT2D eigenvalue weighted by Gasteiger charge is 2.36. The van der Waals surface area contributed by atoms with Crippen molar-refractivity contribution in [1.82, 2.24) is 9.88 Å². The van der Waals surface area contributed by atoms with E-state index in [0.29, 0.717) is 17.3 Å². The second-order valence-corrected chi connectivity index (χ2v) is 7.98. The van der Waals surface area contributed by atoms with Gasteiger partial charge >= 0.3 is 0 Å². The second-order valence-electron chi connectivity index (χ2n) is 5.59. The van der Waals surface area contributed by atoms with Crippen LogP contribution in [0.2, 0.25) is 0 Å². The molecule has 0 bridgehead atoms. The summed E-state index contributed by atoms with van der Waals surface area (Å²) in [7, 11) is 0. The van der Waals surface area contributed by atoms with Crippen LogP contribution in [0.25, 0.3) is 10.4 Å². The van der Waals surface area contributed by atoms with E-state index in [1.165, 1.54) is 35.7 Å². The van der Waals surface area contributed by atoms with Crippen LogP contribution in [0.1, 0.15) is 21.1 Å². The third-order valence-electron chi connectivity index (χ3n) is 3.85. The van der Waals surface area contributed by atoms with Crippen LogP contribution in [-0.2, 0) is 4.79 Å². The molecule has 1 saturated heterocycles. The SMILES string of the molecule is Cc1nc(C(=O)N2CCSC2C(N)=O)c(-c2ccc(C)c(F)c2F)s1. The van der Waals surface area contributed by atoms with Crippen molar-refractivity contribution in [2.75, 3.05) is 12.3 Å². The van der Waals surface area contributed by atoms with Crippen molar-refractivity contribution in [3.05, 3.63) is 40.0 Å². The number of thioether (sulfide) groups is 1. The quantitative estimate of drug-likeness (QED) is 0.884. The van der Waals surface area contributed by atoms with Gasteiger partial charge in [0.25, 0.3) is 11.8 Å². The molecule has 9 heteroatoms. The monoisotopic (exact) mass is 383 g/mol. The molecule has 5 nitrogen and oxygen atoms in total. The van der Waals surface area contributed by atoms with E-state index in [2.05, 4.69) is 4.98 Å². The van der Waals surface area contributed by atoms with Crippen LogP contribution >= 0.6 is 23.1 Å². The molecule has 2 aromatic rings. The molecule has 2 amide bonds. The molecule has 132 valence electrons. The van der Waals surface area contributed by atoms with Crippen molar-refractivity contribution in [3.8, 4) is 10.4 Å². The average molecular weight is 383 g/mol. The largest absolute Gasteiger partial charge is 0.367 e. The summed E-state index contributed by atoms with van der Waals surface area (Å²) in [5.74, 6) is -2.51. The van der Waals surface area contributed by atoms with E-state index < -0.39 is 28.8 Å². The van der Waals surface area contributed by atoms with Crippen molar-refractivity contribution in [3.63, 3.8) is 0 Å². The molecule has 0 radical (unpaired) electrons. The van der Waals surface area contributed by atoms with Crippen LogP contribution in [-0.4, -0.2) is 39.4 Å². The number of thiazole rings is 1.